The van der Waals surface area contributed by atoms with E-state index in [1.165, 1.54) is 13.2 Å². The van der Waals surface area contributed by atoms with E-state index in [0.29, 0.717) is 18.7 Å². The Morgan fingerprint density at radius 1 is 1.44 bits per heavy atom. The molecule has 1 heterocycles. The SMILES string of the molecule is COC(=O)C1CNCC1c1ccccc1[N+](=O)[O-]. The van der Waals surface area contributed by atoms with Gasteiger partial charge >= 0.3 is 5.97 Å². The maximum Gasteiger partial charge on any atom is 0.310 e. The highest BCUT2D eigenvalue weighted by Crippen LogP contribution is 2.34. The highest BCUT2D eigenvalue weighted by atomic mass is 16.6. The van der Waals surface area contributed by atoms with Gasteiger partial charge in [0.15, 0.2) is 0 Å². The minimum absolute atomic E-state index is 0.0557. The van der Waals surface area contributed by atoms with Gasteiger partial charge in [0.2, 0.25) is 0 Å². The highest BCUT2D eigenvalue weighted by Gasteiger charge is 2.37. The van der Waals surface area contributed by atoms with Crippen molar-refractivity contribution in [3.63, 3.8) is 0 Å². The number of nitro benzene ring substituents is 1. The average Bonchev–Trinajstić information content (AvgIpc) is 2.86. The van der Waals surface area contributed by atoms with E-state index >= 15 is 0 Å². The molecule has 0 aromatic heterocycles. The van der Waals surface area contributed by atoms with Gasteiger partial charge in [0, 0.05) is 30.6 Å². The first-order valence-electron chi connectivity index (χ1n) is 5.67. The Hall–Kier alpha value is -1.95. The Kier molecular flexibility index (Phi) is 3.57. The fraction of sp³-hybridized carbons (Fsp3) is 0.417. The van der Waals surface area contributed by atoms with Crippen LogP contribution in [0.3, 0.4) is 0 Å². The van der Waals surface area contributed by atoms with Gasteiger partial charge in [-0.15, -0.1) is 0 Å². The minimum Gasteiger partial charge on any atom is -0.469 e. The maximum atomic E-state index is 11.6. The summed E-state index contributed by atoms with van der Waals surface area (Å²) in [6, 6.07) is 6.53. The van der Waals surface area contributed by atoms with Crippen LogP contribution in [0.1, 0.15) is 11.5 Å². The maximum absolute atomic E-state index is 11.6. The van der Waals surface area contributed by atoms with Gasteiger partial charge in [-0.05, 0) is 0 Å². The Balaban J connectivity index is 2.36. The molecule has 96 valence electrons. The van der Waals surface area contributed by atoms with E-state index in [9.17, 15) is 14.9 Å². The van der Waals surface area contributed by atoms with Crippen molar-refractivity contribution in [3.05, 3.63) is 39.9 Å². The number of nitrogens with one attached hydrogen (secondary N) is 1. The molecule has 0 radical (unpaired) electrons. The van der Waals surface area contributed by atoms with Gasteiger partial charge in [-0.1, -0.05) is 18.2 Å². The molecule has 6 heteroatoms. The van der Waals surface area contributed by atoms with E-state index in [-0.39, 0.29) is 23.5 Å². The fourth-order valence-corrected chi connectivity index (χ4v) is 2.37. The Morgan fingerprint density at radius 3 is 2.83 bits per heavy atom. The lowest BCUT2D eigenvalue weighted by Gasteiger charge is -2.16. The van der Waals surface area contributed by atoms with Crippen molar-refractivity contribution < 1.29 is 14.5 Å². The van der Waals surface area contributed by atoms with Gasteiger partial charge in [-0.2, -0.15) is 0 Å². The van der Waals surface area contributed by atoms with Crippen molar-refractivity contribution in [3.8, 4) is 0 Å². The van der Waals surface area contributed by atoms with E-state index in [4.69, 9.17) is 4.74 Å². The van der Waals surface area contributed by atoms with E-state index in [1.807, 2.05) is 0 Å². The van der Waals surface area contributed by atoms with Crippen molar-refractivity contribution in [2.24, 2.45) is 5.92 Å². The summed E-state index contributed by atoms with van der Waals surface area (Å²) in [7, 11) is 1.33. The standard InChI is InChI=1S/C12H14N2O4/c1-18-12(15)10-7-13-6-9(10)8-4-2-3-5-11(8)14(16)17/h2-5,9-10,13H,6-7H2,1H3. The summed E-state index contributed by atoms with van der Waals surface area (Å²) < 4.78 is 4.74. The molecule has 1 saturated heterocycles. The predicted octanol–water partition coefficient (Wildman–Crippen LogP) is 1.07. The van der Waals surface area contributed by atoms with Crippen LogP contribution in [0.4, 0.5) is 5.69 Å². The lowest BCUT2D eigenvalue weighted by atomic mass is 9.88. The van der Waals surface area contributed by atoms with Crippen LogP contribution in [0.5, 0.6) is 0 Å². The van der Waals surface area contributed by atoms with E-state index in [2.05, 4.69) is 5.32 Å². The third-order valence-electron chi connectivity index (χ3n) is 3.25. The Morgan fingerprint density at radius 2 is 2.17 bits per heavy atom. The molecule has 0 aliphatic carbocycles. The number of methoxy groups -OCH3 is 1. The van der Waals surface area contributed by atoms with Gasteiger partial charge in [-0.3, -0.25) is 14.9 Å². The van der Waals surface area contributed by atoms with E-state index in [0.717, 1.165) is 0 Å². The molecule has 1 aromatic carbocycles. The molecular formula is C12H14N2O4. The number of esters is 1. The Bertz CT molecular complexity index is 475. The molecule has 0 bridgehead atoms. The number of hydrogen-bond donors (Lipinski definition) is 1. The smallest absolute Gasteiger partial charge is 0.310 e. The molecule has 0 saturated carbocycles. The first kappa shape index (κ1) is 12.5. The molecule has 1 N–H and O–H groups in total. The van der Waals surface area contributed by atoms with Gasteiger partial charge in [-0.25, -0.2) is 0 Å². The van der Waals surface area contributed by atoms with Crippen LogP contribution in [-0.2, 0) is 9.53 Å². The number of nitro groups is 1. The first-order chi connectivity index (χ1) is 8.65. The number of ether oxygens (including phenoxy) is 1. The minimum atomic E-state index is -0.415. The van der Waals surface area contributed by atoms with Crippen LogP contribution in [0.2, 0.25) is 0 Å². The lowest BCUT2D eigenvalue weighted by molar-refractivity contribution is -0.385. The second-order valence-corrected chi connectivity index (χ2v) is 4.21. The number of carbonyl (C=O) groups excluding carboxylic acids is 1. The van der Waals surface area contributed by atoms with Gasteiger partial charge in [0.1, 0.15) is 0 Å². The van der Waals surface area contributed by atoms with Crippen LogP contribution in [0, 0.1) is 16.0 Å². The summed E-state index contributed by atoms with van der Waals surface area (Å²) in [5.74, 6) is -0.904. The van der Waals surface area contributed by atoms with Crippen molar-refractivity contribution in [1.29, 1.82) is 0 Å². The molecule has 0 spiro atoms. The lowest BCUT2D eigenvalue weighted by Crippen LogP contribution is -2.23. The van der Waals surface area contributed by atoms with Crippen LogP contribution in [0.25, 0.3) is 0 Å². The third kappa shape index (κ3) is 2.19. The fourth-order valence-electron chi connectivity index (χ4n) is 2.37. The van der Waals surface area contributed by atoms with Gasteiger partial charge in [0.05, 0.1) is 18.0 Å². The molecule has 2 unspecified atom stereocenters. The summed E-state index contributed by atoms with van der Waals surface area (Å²) in [4.78, 5) is 22.2. The van der Waals surface area contributed by atoms with E-state index < -0.39 is 4.92 Å². The molecule has 1 aliphatic rings. The summed E-state index contributed by atoms with van der Waals surface area (Å²) >= 11 is 0. The zero-order valence-corrected chi connectivity index (χ0v) is 9.96. The van der Waals surface area contributed by atoms with Crippen LogP contribution in [0.15, 0.2) is 24.3 Å². The normalized spacial score (nSPS) is 22.7. The van der Waals surface area contributed by atoms with Gasteiger partial charge < -0.3 is 10.1 Å². The third-order valence-corrected chi connectivity index (χ3v) is 3.25. The second-order valence-electron chi connectivity index (χ2n) is 4.21. The quantitative estimate of drug-likeness (QED) is 0.493. The average molecular weight is 250 g/mol. The van der Waals surface area contributed by atoms with Crippen LogP contribution >= 0.6 is 0 Å². The highest BCUT2D eigenvalue weighted by molar-refractivity contribution is 5.75. The summed E-state index contributed by atoms with van der Waals surface area (Å²) in [6.45, 7) is 1.04. The number of nitrogens with zero attached hydrogens (tertiary/aromatic N) is 1. The number of para-hydroxylation sites is 1. The molecular weight excluding hydrogens is 236 g/mol. The van der Waals surface area contributed by atoms with Crippen LogP contribution in [-0.4, -0.2) is 31.1 Å². The molecule has 0 amide bonds. The number of benzene rings is 1. The molecule has 2 atom stereocenters. The van der Waals surface area contributed by atoms with E-state index in [1.54, 1.807) is 18.2 Å². The summed E-state index contributed by atoms with van der Waals surface area (Å²) in [5.41, 5.74) is 0.642. The largest absolute Gasteiger partial charge is 0.469 e. The van der Waals surface area contributed by atoms with Crippen molar-refractivity contribution in [2.45, 2.75) is 5.92 Å². The van der Waals surface area contributed by atoms with Crippen LogP contribution < -0.4 is 5.32 Å². The number of carbonyl (C=O) groups is 1. The van der Waals surface area contributed by atoms with Crippen molar-refractivity contribution in [2.75, 3.05) is 20.2 Å². The molecule has 1 aromatic rings. The number of rotatable bonds is 3. The number of hydrogen-bond acceptors (Lipinski definition) is 5. The first-order valence-corrected chi connectivity index (χ1v) is 5.67. The van der Waals surface area contributed by atoms with Crippen molar-refractivity contribution >= 4 is 11.7 Å². The molecule has 6 nitrogen and oxygen atoms in total. The molecule has 2 rings (SSSR count). The summed E-state index contributed by atoms with van der Waals surface area (Å²) in [6.07, 6.45) is 0. The monoisotopic (exact) mass is 250 g/mol. The molecule has 18 heavy (non-hydrogen) atoms. The predicted molar refractivity (Wildman–Crippen MR) is 64.2 cm³/mol. The van der Waals surface area contributed by atoms with Crippen molar-refractivity contribution in [1.82, 2.24) is 5.32 Å². The van der Waals surface area contributed by atoms with Gasteiger partial charge in [0.25, 0.3) is 5.69 Å². The second kappa shape index (κ2) is 5.14. The zero-order chi connectivity index (χ0) is 13.1. The zero-order valence-electron chi connectivity index (χ0n) is 9.96. The Labute approximate surface area is 104 Å². The summed E-state index contributed by atoms with van der Waals surface area (Å²) in [5, 5.41) is 14.1. The topological polar surface area (TPSA) is 81.5 Å². The molecule has 1 aliphatic heterocycles. The molecule has 1 fully saturated rings.